The van der Waals surface area contributed by atoms with Crippen molar-refractivity contribution in [2.45, 2.75) is 25.7 Å². The molecule has 1 aliphatic carbocycles. The second kappa shape index (κ2) is 3.15. The molecule has 0 aliphatic heterocycles. The summed E-state index contributed by atoms with van der Waals surface area (Å²) in [4.78, 5) is 12.3. The van der Waals surface area contributed by atoms with Gasteiger partial charge in [0.1, 0.15) is 6.33 Å². The van der Waals surface area contributed by atoms with Gasteiger partial charge in [-0.3, -0.25) is 0 Å². The quantitative estimate of drug-likeness (QED) is 0.703. The van der Waals surface area contributed by atoms with Crippen LogP contribution in [0.3, 0.4) is 0 Å². The summed E-state index contributed by atoms with van der Waals surface area (Å²) in [6, 6.07) is 2.03. The summed E-state index contributed by atoms with van der Waals surface area (Å²) in [5.74, 6) is -0.0200. The van der Waals surface area contributed by atoms with Crippen molar-refractivity contribution in [2.24, 2.45) is 0 Å². The Kier molecular flexibility index (Phi) is 1.80. The maximum absolute atomic E-state index is 9.56. The minimum atomic E-state index is -0.0200. The van der Waals surface area contributed by atoms with Crippen LogP contribution in [0.15, 0.2) is 12.4 Å². The van der Waals surface area contributed by atoms with Gasteiger partial charge < -0.3 is 5.11 Å². The molecule has 4 heteroatoms. The van der Waals surface area contributed by atoms with Crippen LogP contribution >= 0.6 is 0 Å². The maximum atomic E-state index is 9.56. The second-order valence-corrected chi connectivity index (χ2v) is 3.87. The highest BCUT2D eigenvalue weighted by Crippen LogP contribution is 2.25. The third-order valence-corrected chi connectivity index (χ3v) is 2.87. The fraction of sp³-hybridized carbons (Fsp3) is 0.364. The van der Waals surface area contributed by atoms with Gasteiger partial charge in [-0.05, 0) is 37.3 Å². The molecule has 0 unspecified atom stereocenters. The molecule has 3 rings (SSSR count). The van der Waals surface area contributed by atoms with Gasteiger partial charge in [-0.2, -0.15) is 0 Å². The highest BCUT2D eigenvalue weighted by atomic mass is 16.3. The van der Waals surface area contributed by atoms with Crippen LogP contribution in [0.4, 0.5) is 0 Å². The van der Waals surface area contributed by atoms with E-state index in [0.29, 0.717) is 5.52 Å². The van der Waals surface area contributed by atoms with Gasteiger partial charge >= 0.3 is 0 Å². The third-order valence-electron chi connectivity index (χ3n) is 2.87. The summed E-state index contributed by atoms with van der Waals surface area (Å²) >= 11 is 0. The van der Waals surface area contributed by atoms with E-state index in [1.54, 1.807) is 0 Å². The monoisotopic (exact) mass is 201 g/mol. The summed E-state index contributed by atoms with van der Waals surface area (Å²) in [6.07, 6.45) is 5.84. The number of hydrogen-bond acceptors (Lipinski definition) is 4. The Morgan fingerprint density at radius 1 is 1.13 bits per heavy atom. The molecule has 0 aromatic carbocycles. The molecule has 4 nitrogen and oxygen atoms in total. The van der Waals surface area contributed by atoms with Gasteiger partial charge in [0.25, 0.3) is 0 Å². The number of rotatable bonds is 0. The molecule has 15 heavy (non-hydrogen) atoms. The van der Waals surface area contributed by atoms with Crippen LogP contribution in [0.2, 0.25) is 0 Å². The Labute approximate surface area is 87.0 Å². The van der Waals surface area contributed by atoms with Gasteiger partial charge in [0.15, 0.2) is 5.52 Å². The Morgan fingerprint density at radius 2 is 2.00 bits per heavy atom. The molecular weight excluding hydrogens is 190 g/mol. The molecule has 0 saturated carbocycles. The van der Waals surface area contributed by atoms with Crippen molar-refractivity contribution >= 4 is 11.0 Å². The van der Waals surface area contributed by atoms with Gasteiger partial charge in [0, 0.05) is 5.69 Å². The standard InChI is InChI=1S/C11H11N3O/c15-11-10-9(12-6-13-11)5-7-3-1-2-4-8(7)14-10/h5-6H,1-4H2,(H,12,13,15). The molecule has 0 spiro atoms. The number of aryl methyl sites for hydroxylation is 2. The van der Waals surface area contributed by atoms with Crippen LogP contribution in [-0.2, 0) is 12.8 Å². The predicted octanol–water partition coefficient (Wildman–Crippen LogP) is 1.61. The molecule has 2 aromatic rings. The highest BCUT2D eigenvalue weighted by molar-refractivity contribution is 5.79. The summed E-state index contributed by atoms with van der Waals surface area (Å²) < 4.78 is 0. The molecular formula is C11H11N3O. The van der Waals surface area contributed by atoms with Crippen LogP contribution in [0.1, 0.15) is 24.1 Å². The molecule has 0 fully saturated rings. The minimum absolute atomic E-state index is 0.0200. The van der Waals surface area contributed by atoms with E-state index in [-0.39, 0.29) is 5.88 Å². The molecule has 0 bridgehead atoms. The fourth-order valence-corrected chi connectivity index (χ4v) is 2.09. The molecule has 2 aromatic heterocycles. The Balaban J connectivity index is 2.31. The summed E-state index contributed by atoms with van der Waals surface area (Å²) in [5, 5.41) is 9.56. The Morgan fingerprint density at radius 3 is 2.93 bits per heavy atom. The SMILES string of the molecule is Oc1ncnc2cc3c(nc12)CCCC3. The van der Waals surface area contributed by atoms with E-state index < -0.39 is 0 Å². The van der Waals surface area contributed by atoms with Crippen LogP contribution in [0.25, 0.3) is 11.0 Å². The zero-order valence-electron chi connectivity index (χ0n) is 8.27. The van der Waals surface area contributed by atoms with Crippen LogP contribution in [0, 0.1) is 0 Å². The lowest BCUT2D eigenvalue weighted by molar-refractivity contribution is 0.457. The van der Waals surface area contributed by atoms with E-state index in [1.165, 1.54) is 24.7 Å². The number of fused-ring (bicyclic) bond motifs is 2. The van der Waals surface area contributed by atoms with Crippen molar-refractivity contribution in [1.82, 2.24) is 15.0 Å². The first-order chi connectivity index (χ1) is 7.34. The lowest BCUT2D eigenvalue weighted by Crippen LogP contribution is -2.05. The largest absolute Gasteiger partial charge is 0.492 e. The molecule has 1 aliphatic rings. The number of pyridine rings is 1. The van der Waals surface area contributed by atoms with Gasteiger partial charge in [-0.1, -0.05) is 0 Å². The first-order valence-corrected chi connectivity index (χ1v) is 5.17. The molecule has 76 valence electrons. The molecule has 0 radical (unpaired) electrons. The number of aromatic hydroxyl groups is 1. The first kappa shape index (κ1) is 8.59. The maximum Gasteiger partial charge on any atom is 0.241 e. The fourth-order valence-electron chi connectivity index (χ4n) is 2.09. The third kappa shape index (κ3) is 1.33. The van der Waals surface area contributed by atoms with E-state index in [1.807, 2.05) is 6.07 Å². The minimum Gasteiger partial charge on any atom is -0.492 e. The van der Waals surface area contributed by atoms with Gasteiger partial charge in [-0.25, -0.2) is 15.0 Å². The predicted molar refractivity (Wildman–Crippen MR) is 55.6 cm³/mol. The summed E-state index contributed by atoms with van der Waals surface area (Å²) in [6.45, 7) is 0. The molecule has 0 atom stereocenters. The Bertz CT molecular complexity index is 524. The smallest absolute Gasteiger partial charge is 0.241 e. The average Bonchev–Trinajstić information content (AvgIpc) is 2.27. The van der Waals surface area contributed by atoms with E-state index in [0.717, 1.165) is 24.1 Å². The van der Waals surface area contributed by atoms with E-state index in [2.05, 4.69) is 15.0 Å². The van der Waals surface area contributed by atoms with Crippen molar-refractivity contribution in [3.63, 3.8) is 0 Å². The average molecular weight is 201 g/mol. The summed E-state index contributed by atoms with van der Waals surface area (Å²) in [7, 11) is 0. The highest BCUT2D eigenvalue weighted by Gasteiger charge is 2.13. The Hall–Kier alpha value is -1.71. The van der Waals surface area contributed by atoms with Crippen molar-refractivity contribution in [3.8, 4) is 5.88 Å². The number of aromatic nitrogens is 3. The molecule has 2 heterocycles. The zero-order valence-corrected chi connectivity index (χ0v) is 8.27. The van der Waals surface area contributed by atoms with E-state index >= 15 is 0 Å². The van der Waals surface area contributed by atoms with E-state index in [9.17, 15) is 5.11 Å². The molecule has 1 N–H and O–H groups in total. The zero-order chi connectivity index (χ0) is 10.3. The van der Waals surface area contributed by atoms with Crippen molar-refractivity contribution in [3.05, 3.63) is 23.7 Å². The number of hydrogen-bond donors (Lipinski definition) is 1. The first-order valence-electron chi connectivity index (χ1n) is 5.17. The van der Waals surface area contributed by atoms with Crippen molar-refractivity contribution < 1.29 is 5.11 Å². The van der Waals surface area contributed by atoms with Crippen molar-refractivity contribution in [1.29, 1.82) is 0 Å². The lowest BCUT2D eigenvalue weighted by Gasteiger charge is -2.14. The number of nitrogens with zero attached hydrogens (tertiary/aromatic N) is 3. The van der Waals surface area contributed by atoms with Crippen LogP contribution < -0.4 is 0 Å². The second-order valence-electron chi connectivity index (χ2n) is 3.87. The molecule has 0 amide bonds. The summed E-state index contributed by atoms with van der Waals surface area (Å²) in [5.41, 5.74) is 3.63. The van der Waals surface area contributed by atoms with Gasteiger partial charge in [0.05, 0.1) is 5.52 Å². The van der Waals surface area contributed by atoms with Gasteiger partial charge in [-0.15, -0.1) is 0 Å². The van der Waals surface area contributed by atoms with Gasteiger partial charge in [0.2, 0.25) is 5.88 Å². The normalized spacial score (nSPS) is 15.2. The van der Waals surface area contributed by atoms with E-state index in [4.69, 9.17) is 0 Å². The van der Waals surface area contributed by atoms with Crippen molar-refractivity contribution in [2.75, 3.05) is 0 Å². The molecule has 0 saturated heterocycles. The lowest BCUT2D eigenvalue weighted by atomic mass is 9.96. The topological polar surface area (TPSA) is 58.9 Å². The van der Waals surface area contributed by atoms with Crippen LogP contribution in [-0.4, -0.2) is 20.1 Å². The van der Waals surface area contributed by atoms with Crippen LogP contribution in [0.5, 0.6) is 5.88 Å².